The van der Waals surface area contributed by atoms with E-state index in [1.54, 1.807) is 0 Å². The summed E-state index contributed by atoms with van der Waals surface area (Å²) in [6, 6.07) is 0. The molecule has 0 aliphatic carbocycles. The van der Waals surface area contributed by atoms with Gasteiger partial charge in [-0.25, -0.2) is 0 Å². The molecular weight excluding hydrogens is 128 g/mol. The molecule has 0 aromatic carbocycles. The van der Waals surface area contributed by atoms with Crippen LogP contribution in [0.5, 0.6) is 0 Å². The maximum atomic E-state index is 9.42. The molecule has 62 valence electrons. The molecule has 1 saturated heterocycles. The van der Waals surface area contributed by atoms with Gasteiger partial charge >= 0.3 is 0 Å². The lowest BCUT2D eigenvalue weighted by molar-refractivity contribution is -0.181. The first-order valence-electron chi connectivity index (χ1n) is 3.57. The van der Waals surface area contributed by atoms with Crippen LogP contribution in [0.15, 0.2) is 0 Å². The van der Waals surface area contributed by atoms with Crippen LogP contribution in [-0.2, 0) is 4.74 Å². The van der Waals surface area contributed by atoms with Crippen molar-refractivity contribution >= 4 is 0 Å². The van der Waals surface area contributed by atoms with Gasteiger partial charge in [-0.2, -0.15) is 0 Å². The molecule has 1 aliphatic heterocycles. The van der Waals surface area contributed by atoms with E-state index in [4.69, 9.17) is 4.74 Å². The highest BCUT2D eigenvalue weighted by molar-refractivity contribution is 4.84. The van der Waals surface area contributed by atoms with Gasteiger partial charge in [0.2, 0.25) is 0 Å². The zero-order chi connectivity index (χ0) is 6.74. The van der Waals surface area contributed by atoms with Gasteiger partial charge in [0.15, 0.2) is 0 Å². The Morgan fingerprint density at radius 2 is 2.10 bits per heavy atom. The van der Waals surface area contributed by atoms with E-state index in [1.807, 2.05) is 0 Å². The van der Waals surface area contributed by atoms with Crippen molar-refractivity contribution < 1.29 is 9.84 Å². The Bertz CT molecular complexity index is 87.3. The summed E-state index contributed by atoms with van der Waals surface area (Å²) in [5.74, 6) is 0. The lowest BCUT2D eigenvalue weighted by Crippen LogP contribution is -2.49. The second kappa shape index (κ2) is 3.94. The molecule has 1 rings (SSSR count). The van der Waals surface area contributed by atoms with Gasteiger partial charge in [0.05, 0.1) is 13.2 Å². The van der Waals surface area contributed by atoms with Crippen molar-refractivity contribution in [2.75, 3.05) is 13.2 Å². The number of unbranched alkanes of at least 4 members (excludes halogenated alkanes) is 1. The largest absolute Gasteiger partial charge is 0.385 e. The van der Waals surface area contributed by atoms with Gasteiger partial charge in [0.25, 0.3) is 0 Å². The van der Waals surface area contributed by atoms with Crippen molar-refractivity contribution in [3.05, 3.63) is 0 Å². The molecule has 2 heteroatoms. The maximum Gasteiger partial charge on any atom is 0.111 e. The van der Waals surface area contributed by atoms with Gasteiger partial charge in [-0.05, 0) is 6.42 Å². The Labute approximate surface area is 63.2 Å². The van der Waals surface area contributed by atoms with Crippen LogP contribution >= 0.6 is 0 Å². The number of ether oxygens (including phenoxy) is 1. The zero-order valence-electron chi connectivity index (χ0n) is 5.89. The van der Waals surface area contributed by atoms with Crippen LogP contribution in [0.2, 0.25) is 0 Å². The van der Waals surface area contributed by atoms with E-state index in [-0.39, 0.29) is 7.43 Å². The maximum absolute atomic E-state index is 9.42. The minimum atomic E-state index is -0.448. The van der Waals surface area contributed by atoms with E-state index in [0.29, 0.717) is 13.2 Å². The summed E-state index contributed by atoms with van der Waals surface area (Å²) in [5.41, 5.74) is -0.448. The molecule has 1 fully saturated rings. The number of hydrogen-bond acceptors (Lipinski definition) is 2. The van der Waals surface area contributed by atoms with E-state index in [2.05, 4.69) is 6.92 Å². The summed E-state index contributed by atoms with van der Waals surface area (Å²) in [6.07, 6.45) is 3.17. The summed E-state index contributed by atoms with van der Waals surface area (Å²) in [6.45, 7) is 3.23. The highest BCUT2D eigenvalue weighted by Gasteiger charge is 2.34. The van der Waals surface area contributed by atoms with Gasteiger partial charge in [-0.3, -0.25) is 0 Å². The van der Waals surface area contributed by atoms with Crippen LogP contribution in [0.3, 0.4) is 0 Å². The molecule has 0 radical (unpaired) electrons. The zero-order valence-corrected chi connectivity index (χ0v) is 5.89. The first kappa shape index (κ1) is 9.92. The van der Waals surface area contributed by atoms with Crippen molar-refractivity contribution in [1.29, 1.82) is 0 Å². The molecule has 10 heavy (non-hydrogen) atoms. The number of rotatable bonds is 3. The Balaban J connectivity index is 0.000000810. The number of hydrogen-bond donors (Lipinski definition) is 1. The molecule has 0 aromatic rings. The molecule has 1 N–H and O–H groups in total. The van der Waals surface area contributed by atoms with Crippen molar-refractivity contribution in [2.45, 2.75) is 39.2 Å². The molecule has 0 unspecified atom stereocenters. The average molecular weight is 146 g/mol. The topological polar surface area (TPSA) is 29.5 Å². The highest BCUT2D eigenvalue weighted by atomic mass is 16.5. The molecule has 1 aliphatic rings. The molecule has 0 aromatic heterocycles. The Hall–Kier alpha value is -0.0800. The second-order valence-corrected chi connectivity index (χ2v) is 2.82. The van der Waals surface area contributed by atoms with Gasteiger partial charge in [0, 0.05) is 0 Å². The SMILES string of the molecule is C.CCCCC1(O)COC1. The molecule has 1 heterocycles. The average Bonchev–Trinajstić information content (AvgIpc) is 1.79. The molecule has 2 nitrogen and oxygen atoms in total. The monoisotopic (exact) mass is 146 g/mol. The molecule has 0 amide bonds. The summed E-state index contributed by atoms with van der Waals surface area (Å²) >= 11 is 0. The first-order chi connectivity index (χ1) is 4.27. The van der Waals surface area contributed by atoms with Crippen LogP contribution < -0.4 is 0 Å². The predicted octanol–water partition coefficient (Wildman–Crippen LogP) is 1.57. The van der Waals surface area contributed by atoms with Crippen LogP contribution in [-0.4, -0.2) is 23.9 Å². The van der Waals surface area contributed by atoms with Gasteiger partial charge < -0.3 is 9.84 Å². The Morgan fingerprint density at radius 1 is 1.50 bits per heavy atom. The fourth-order valence-electron chi connectivity index (χ4n) is 0.988. The number of aliphatic hydroxyl groups is 1. The summed E-state index contributed by atoms with van der Waals surface area (Å²) < 4.78 is 4.88. The van der Waals surface area contributed by atoms with E-state index < -0.39 is 5.60 Å². The van der Waals surface area contributed by atoms with Crippen molar-refractivity contribution in [2.24, 2.45) is 0 Å². The summed E-state index contributed by atoms with van der Waals surface area (Å²) in [5, 5.41) is 9.42. The van der Waals surface area contributed by atoms with E-state index in [1.165, 1.54) is 0 Å². The molecule has 0 atom stereocenters. The van der Waals surface area contributed by atoms with Crippen molar-refractivity contribution in [1.82, 2.24) is 0 Å². The third-order valence-corrected chi connectivity index (χ3v) is 1.74. The van der Waals surface area contributed by atoms with Crippen molar-refractivity contribution in [3.8, 4) is 0 Å². The summed E-state index contributed by atoms with van der Waals surface area (Å²) in [7, 11) is 0. The van der Waals surface area contributed by atoms with Crippen LogP contribution in [0, 0.1) is 0 Å². The molecule has 0 saturated carbocycles. The van der Waals surface area contributed by atoms with Crippen LogP contribution in [0.4, 0.5) is 0 Å². The second-order valence-electron chi connectivity index (χ2n) is 2.82. The fourth-order valence-corrected chi connectivity index (χ4v) is 0.988. The molecular formula is C8H18O2. The first-order valence-corrected chi connectivity index (χ1v) is 3.57. The highest BCUT2D eigenvalue weighted by Crippen LogP contribution is 2.22. The third-order valence-electron chi connectivity index (χ3n) is 1.74. The molecule has 0 bridgehead atoms. The quantitative estimate of drug-likeness (QED) is 0.655. The predicted molar refractivity (Wildman–Crippen MR) is 42.0 cm³/mol. The van der Waals surface area contributed by atoms with Crippen LogP contribution in [0.1, 0.15) is 33.6 Å². The third kappa shape index (κ3) is 2.27. The normalized spacial score (nSPS) is 21.0. The lowest BCUT2D eigenvalue weighted by atomic mass is 9.95. The van der Waals surface area contributed by atoms with Gasteiger partial charge in [0.1, 0.15) is 5.60 Å². The van der Waals surface area contributed by atoms with Crippen LogP contribution in [0.25, 0.3) is 0 Å². The smallest absolute Gasteiger partial charge is 0.111 e. The summed E-state index contributed by atoms with van der Waals surface area (Å²) in [4.78, 5) is 0. The minimum Gasteiger partial charge on any atom is -0.385 e. The van der Waals surface area contributed by atoms with Gasteiger partial charge in [-0.1, -0.05) is 27.2 Å². The Kier molecular flexibility index (Phi) is 3.91. The Morgan fingerprint density at radius 3 is 2.40 bits per heavy atom. The fraction of sp³-hybridized carbons (Fsp3) is 1.00. The van der Waals surface area contributed by atoms with Gasteiger partial charge in [-0.15, -0.1) is 0 Å². The van der Waals surface area contributed by atoms with Crippen molar-refractivity contribution in [3.63, 3.8) is 0 Å². The standard InChI is InChI=1S/C7H14O2.CH4/c1-2-3-4-7(8)5-9-6-7;/h8H,2-6H2,1H3;1H4. The molecule has 0 spiro atoms. The van der Waals surface area contributed by atoms with E-state index in [0.717, 1.165) is 19.3 Å². The minimum absolute atomic E-state index is 0. The lowest BCUT2D eigenvalue weighted by Gasteiger charge is -2.36. The van der Waals surface area contributed by atoms with E-state index >= 15 is 0 Å². The van der Waals surface area contributed by atoms with E-state index in [9.17, 15) is 5.11 Å².